The predicted octanol–water partition coefficient (Wildman–Crippen LogP) is 1.95. The molecule has 1 aromatic carbocycles. The van der Waals surface area contributed by atoms with Gasteiger partial charge in [0.1, 0.15) is 5.82 Å². The van der Waals surface area contributed by atoms with Crippen molar-refractivity contribution in [3.05, 3.63) is 46.1 Å². The van der Waals surface area contributed by atoms with Crippen LogP contribution >= 0.6 is 11.8 Å². The standard InChI is InChI=1S/C11H10FN3OS/c1-6-4-9(8(13)5-7(6)12)17-11-14-3-2-10(16)15-11/h2-5H,13H2,1H3,(H,14,15,16). The van der Waals surface area contributed by atoms with Gasteiger partial charge in [-0.25, -0.2) is 9.37 Å². The Morgan fingerprint density at radius 3 is 2.94 bits per heavy atom. The number of nitrogen functional groups attached to an aromatic ring is 1. The zero-order valence-electron chi connectivity index (χ0n) is 9.03. The summed E-state index contributed by atoms with van der Waals surface area (Å²) in [5.41, 5.74) is 6.28. The Kier molecular flexibility index (Phi) is 3.14. The molecule has 1 aromatic heterocycles. The lowest BCUT2D eigenvalue weighted by Crippen LogP contribution is -2.05. The number of halogens is 1. The third-order valence-corrected chi connectivity index (χ3v) is 3.12. The number of aromatic amines is 1. The molecule has 0 aliphatic rings. The van der Waals surface area contributed by atoms with Crippen LogP contribution in [0.4, 0.5) is 10.1 Å². The Morgan fingerprint density at radius 2 is 2.24 bits per heavy atom. The summed E-state index contributed by atoms with van der Waals surface area (Å²) < 4.78 is 13.2. The summed E-state index contributed by atoms with van der Waals surface area (Å²) in [7, 11) is 0. The van der Waals surface area contributed by atoms with E-state index >= 15 is 0 Å². The summed E-state index contributed by atoms with van der Waals surface area (Å²) in [6.45, 7) is 1.65. The molecule has 0 atom stereocenters. The van der Waals surface area contributed by atoms with Crippen LogP contribution in [0.5, 0.6) is 0 Å². The second-order valence-electron chi connectivity index (χ2n) is 3.48. The number of H-pyrrole nitrogens is 1. The second kappa shape index (κ2) is 4.58. The van der Waals surface area contributed by atoms with E-state index < -0.39 is 0 Å². The molecule has 2 rings (SSSR count). The van der Waals surface area contributed by atoms with Gasteiger partial charge in [-0.05, 0) is 36.4 Å². The molecular weight excluding hydrogens is 241 g/mol. The monoisotopic (exact) mass is 251 g/mol. The van der Waals surface area contributed by atoms with Crippen LogP contribution in [0.2, 0.25) is 0 Å². The zero-order valence-corrected chi connectivity index (χ0v) is 9.84. The van der Waals surface area contributed by atoms with Gasteiger partial charge in [0.15, 0.2) is 5.16 Å². The minimum absolute atomic E-state index is 0.236. The second-order valence-corrected chi connectivity index (χ2v) is 4.51. The fraction of sp³-hybridized carbons (Fsp3) is 0.0909. The largest absolute Gasteiger partial charge is 0.398 e. The lowest BCUT2D eigenvalue weighted by Gasteiger charge is -2.06. The molecule has 0 radical (unpaired) electrons. The van der Waals surface area contributed by atoms with Crippen LogP contribution in [0, 0.1) is 12.7 Å². The molecule has 17 heavy (non-hydrogen) atoms. The SMILES string of the molecule is Cc1cc(Sc2nccc(=O)[nH]2)c(N)cc1F. The Bertz CT molecular complexity index is 612. The number of nitrogens with zero attached hydrogens (tertiary/aromatic N) is 1. The number of nitrogens with two attached hydrogens (primary N) is 1. The summed E-state index contributed by atoms with van der Waals surface area (Å²) in [5.74, 6) is -0.346. The highest BCUT2D eigenvalue weighted by Gasteiger charge is 2.07. The number of hydrogen-bond donors (Lipinski definition) is 2. The lowest BCUT2D eigenvalue weighted by molar-refractivity contribution is 0.618. The van der Waals surface area contributed by atoms with Crippen molar-refractivity contribution < 1.29 is 4.39 Å². The minimum Gasteiger partial charge on any atom is -0.398 e. The molecule has 0 aliphatic carbocycles. The molecule has 88 valence electrons. The van der Waals surface area contributed by atoms with Crippen molar-refractivity contribution in [2.45, 2.75) is 17.0 Å². The number of rotatable bonds is 2. The molecule has 0 amide bonds. The third-order valence-electron chi connectivity index (χ3n) is 2.15. The minimum atomic E-state index is -0.346. The fourth-order valence-electron chi connectivity index (χ4n) is 1.27. The number of anilines is 1. The van der Waals surface area contributed by atoms with Gasteiger partial charge < -0.3 is 10.7 Å². The third kappa shape index (κ3) is 2.65. The number of aryl methyl sites for hydroxylation is 1. The van der Waals surface area contributed by atoms with Crippen molar-refractivity contribution in [3.8, 4) is 0 Å². The highest BCUT2D eigenvalue weighted by molar-refractivity contribution is 7.99. The first-order valence-electron chi connectivity index (χ1n) is 4.85. The van der Waals surface area contributed by atoms with E-state index in [0.717, 1.165) is 0 Å². The van der Waals surface area contributed by atoms with E-state index in [4.69, 9.17) is 5.73 Å². The quantitative estimate of drug-likeness (QED) is 0.632. The zero-order chi connectivity index (χ0) is 12.4. The van der Waals surface area contributed by atoms with Crippen LogP contribution in [0.1, 0.15) is 5.56 Å². The van der Waals surface area contributed by atoms with E-state index in [9.17, 15) is 9.18 Å². The predicted molar refractivity (Wildman–Crippen MR) is 64.5 cm³/mol. The maximum absolute atomic E-state index is 13.2. The van der Waals surface area contributed by atoms with Crippen molar-refractivity contribution in [2.75, 3.05) is 5.73 Å². The molecule has 0 saturated carbocycles. The van der Waals surface area contributed by atoms with Gasteiger partial charge in [0.2, 0.25) is 0 Å². The number of nitrogens with one attached hydrogen (secondary N) is 1. The summed E-state index contributed by atoms with van der Waals surface area (Å²) in [5, 5.41) is 0.426. The Morgan fingerprint density at radius 1 is 1.47 bits per heavy atom. The molecule has 0 bridgehead atoms. The van der Waals surface area contributed by atoms with Crippen LogP contribution in [0.15, 0.2) is 39.2 Å². The van der Waals surface area contributed by atoms with Crippen molar-refractivity contribution >= 4 is 17.4 Å². The normalized spacial score (nSPS) is 10.5. The highest BCUT2D eigenvalue weighted by Crippen LogP contribution is 2.30. The lowest BCUT2D eigenvalue weighted by atomic mass is 10.2. The van der Waals surface area contributed by atoms with Gasteiger partial charge in [0.05, 0.1) is 0 Å². The van der Waals surface area contributed by atoms with Crippen molar-refractivity contribution in [1.82, 2.24) is 9.97 Å². The van der Waals surface area contributed by atoms with E-state index in [1.807, 2.05) is 0 Å². The van der Waals surface area contributed by atoms with E-state index in [-0.39, 0.29) is 11.4 Å². The molecular formula is C11H10FN3OS. The summed E-state index contributed by atoms with van der Waals surface area (Å²) >= 11 is 1.19. The summed E-state index contributed by atoms with van der Waals surface area (Å²) in [6, 6.07) is 4.21. The van der Waals surface area contributed by atoms with E-state index in [1.54, 1.807) is 13.0 Å². The van der Waals surface area contributed by atoms with Gasteiger partial charge in [-0.2, -0.15) is 0 Å². The van der Waals surface area contributed by atoms with E-state index in [0.29, 0.717) is 21.3 Å². The first kappa shape index (κ1) is 11.7. The first-order chi connectivity index (χ1) is 8.06. The van der Waals surface area contributed by atoms with Gasteiger partial charge in [0, 0.05) is 22.8 Å². The molecule has 0 unspecified atom stereocenters. The average molecular weight is 251 g/mol. The molecule has 4 nitrogen and oxygen atoms in total. The highest BCUT2D eigenvalue weighted by atomic mass is 32.2. The van der Waals surface area contributed by atoms with Crippen molar-refractivity contribution in [3.63, 3.8) is 0 Å². The molecule has 3 N–H and O–H groups in total. The maximum Gasteiger partial charge on any atom is 0.251 e. The Balaban J connectivity index is 2.36. The van der Waals surface area contributed by atoms with Crippen molar-refractivity contribution in [2.24, 2.45) is 0 Å². The number of aromatic nitrogens is 2. The van der Waals surface area contributed by atoms with Crippen LogP contribution in [-0.4, -0.2) is 9.97 Å². The maximum atomic E-state index is 13.2. The molecule has 6 heteroatoms. The van der Waals surface area contributed by atoms with Crippen molar-refractivity contribution in [1.29, 1.82) is 0 Å². The molecule has 2 aromatic rings. The van der Waals surface area contributed by atoms with Gasteiger partial charge in [-0.1, -0.05) is 0 Å². The number of benzene rings is 1. The van der Waals surface area contributed by atoms with E-state index in [2.05, 4.69) is 9.97 Å². The van der Waals surface area contributed by atoms with Crippen LogP contribution in [0.3, 0.4) is 0 Å². The number of hydrogen-bond acceptors (Lipinski definition) is 4. The Hall–Kier alpha value is -1.82. The molecule has 1 heterocycles. The summed E-state index contributed by atoms with van der Waals surface area (Å²) in [6.07, 6.45) is 1.41. The first-order valence-corrected chi connectivity index (χ1v) is 5.67. The van der Waals surface area contributed by atoms with Gasteiger partial charge >= 0.3 is 0 Å². The van der Waals surface area contributed by atoms with Crippen LogP contribution in [0.25, 0.3) is 0 Å². The molecule has 0 fully saturated rings. The fourth-order valence-corrected chi connectivity index (χ4v) is 2.15. The van der Waals surface area contributed by atoms with Gasteiger partial charge in [-0.15, -0.1) is 0 Å². The van der Waals surface area contributed by atoms with Gasteiger partial charge in [-0.3, -0.25) is 4.79 Å². The van der Waals surface area contributed by atoms with Gasteiger partial charge in [0.25, 0.3) is 5.56 Å². The molecule has 0 aliphatic heterocycles. The Labute approximate surface area is 101 Å². The van der Waals surface area contributed by atoms with E-state index in [1.165, 1.54) is 30.1 Å². The molecule has 0 saturated heterocycles. The smallest absolute Gasteiger partial charge is 0.251 e. The van der Waals surface area contributed by atoms with Crippen LogP contribution < -0.4 is 11.3 Å². The van der Waals surface area contributed by atoms with Crippen LogP contribution in [-0.2, 0) is 0 Å². The average Bonchev–Trinajstić information content (AvgIpc) is 2.26. The molecule has 0 spiro atoms. The topological polar surface area (TPSA) is 71.8 Å². The summed E-state index contributed by atoms with van der Waals surface area (Å²) in [4.78, 5) is 18.3.